The summed E-state index contributed by atoms with van der Waals surface area (Å²) in [6, 6.07) is 6.07. The van der Waals surface area contributed by atoms with Crippen LogP contribution in [0.2, 0.25) is 0 Å². The maximum Gasteiger partial charge on any atom is 0.320 e. The molecule has 0 spiro atoms. The molecule has 0 radical (unpaired) electrons. The van der Waals surface area contributed by atoms with E-state index < -0.39 is 0 Å². The number of aromatic nitrogens is 1. The Labute approximate surface area is 167 Å². The predicted octanol–water partition coefficient (Wildman–Crippen LogP) is 2.41. The number of esters is 1. The van der Waals surface area contributed by atoms with Crippen molar-refractivity contribution >= 4 is 30.2 Å². The first kappa shape index (κ1) is 21.3. The number of rotatable bonds is 4. The van der Waals surface area contributed by atoms with Gasteiger partial charge in [-0.05, 0) is 37.3 Å². The number of piperazine rings is 1. The van der Waals surface area contributed by atoms with Crippen LogP contribution in [0, 0.1) is 5.92 Å². The smallest absolute Gasteiger partial charge is 0.320 e. The van der Waals surface area contributed by atoms with Crippen LogP contribution in [0.3, 0.4) is 0 Å². The number of anilines is 1. The Hall–Kier alpha value is -2.02. The van der Waals surface area contributed by atoms with Gasteiger partial charge in [-0.2, -0.15) is 0 Å². The van der Waals surface area contributed by atoms with Crippen LogP contribution in [0.25, 0.3) is 0 Å². The monoisotopic (exact) mass is 396 g/mol. The van der Waals surface area contributed by atoms with Crippen LogP contribution in [0.15, 0.2) is 24.4 Å². The van der Waals surface area contributed by atoms with Gasteiger partial charge in [0.1, 0.15) is 5.82 Å². The average molecular weight is 397 g/mol. The van der Waals surface area contributed by atoms with Crippen molar-refractivity contribution in [3.8, 4) is 0 Å². The van der Waals surface area contributed by atoms with Crippen molar-refractivity contribution in [3.05, 3.63) is 24.4 Å². The molecule has 0 atom stereocenters. The number of amides is 2. The van der Waals surface area contributed by atoms with Gasteiger partial charge < -0.3 is 19.4 Å². The Morgan fingerprint density at radius 3 is 2.33 bits per heavy atom. The summed E-state index contributed by atoms with van der Waals surface area (Å²) in [6.07, 6.45) is 5.08. The van der Waals surface area contributed by atoms with Crippen LogP contribution in [0.1, 0.15) is 25.7 Å². The van der Waals surface area contributed by atoms with E-state index in [1.807, 2.05) is 28.0 Å². The Kier molecular flexibility index (Phi) is 8.16. The van der Waals surface area contributed by atoms with Gasteiger partial charge in [0, 0.05) is 51.9 Å². The van der Waals surface area contributed by atoms with E-state index in [1.165, 1.54) is 7.11 Å². The Morgan fingerprint density at radius 2 is 1.74 bits per heavy atom. The van der Waals surface area contributed by atoms with Crippen molar-refractivity contribution in [2.75, 3.05) is 51.3 Å². The minimum absolute atomic E-state index is 0. The van der Waals surface area contributed by atoms with Gasteiger partial charge in [0.2, 0.25) is 0 Å². The lowest BCUT2D eigenvalue weighted by Gasteiger charge is -2.40. The molecule has 0 unspecified atom stereocenters. The lowest BCUT2D eigenvalue weighted by molar-refractivity contribution is -0.141. The molecule has 27 heavy (non-hydrogen) atoms. The zero-order valence-electron chi connectivity index (χ0n) is 15.9. The fourth-order valence-corrected chi connectivity index (χ4v) is 3.70. The Balaban J connectivity index is 0.00000261. The van der Waals surface area contributed by atoms with Crippen LogP contribution in [-0.4, -0.2) is 73.2 Å². The van der Waals surface area contributed by atoms with Gasteiger partial charge in [0.05, 0.1) is 7.11 Å². The molecule has 3 rings (SSSR count). The van der Waals surface area contributed by atoms with Crippen LogP contribution in [0.4, 0.5) is 10.6 Å². The number of hydrogen-bond acceptors (Lipinski definition) is 5. The summed E-state index contributed by atoms with van der Waals surface area (Å²) in [6.45, 7) is 4.67. The second-order valence-corrected chi connectivity index (χ2v) is 6.99. The van der Waals surface area contributed by atoms with E-state index in [4.69, 9.17) is 4.74 Å². The molecule has 2 fully saturated rings. The summed E-state index contributed by atoms with van der Waals surface area (Å²) in [5.41, 5.74) is 0. The third-order valence-electron chi connectivity index (χ3n) is 5.39. The van der Waals surface area contributed by atoms with Crippen LogP contribution < -0.4 is 4.90 Å². The largest absolute Gasteiger partial charge is 0.469 e. The molecule has 0 bridgehead atoms. The SMILES string of the molecule is COC(=O)CCC1CCN(C(=O)N2CCN(c3ccccn3)CC2)CC1.Cl. The number of nitrogens with zero attached hydrogens (tertiary/aromatic N) is 4. The molecular formula is C19H29ClN4O3. The number of halogens is 1. The summed E-state index contributed by atoms with van der Waals surface area (Å²) < 4.78 is 4.70. The molecule has 150 valence electrons. The van der Waals surface area contributed by atoms with Gasteiger partial charge in [-0.25, -0.2) is 9.78 Å². The van der Waals surface area contributed by atoms with Gasteiger partial charge in [-0.3, -0.25) is 4.79 Å². The standard InChI is InChI=1S/C19H28N4O3.ClH/c1-26-18(24)6-5-16-7-10-22(11-8-16)19(25)23-14-12-21(13-15-23)17-4-2-3-9-20-17;/h2-4,9,16H,5-8,10-15H2,1H3;1H. The molecule has 3 heterocycles. The number of ether oxygens (including phenoxy) is 1. The maximum atomic E-state index is 12.8. The highest BCUT2D eigenvalue weighted by Gasteiger charge is 2.28. The predicted molar refractivity (Wildman–Crippen MR) is 106 cm³/mol. The second-order valence-electron chi connectivity index (χ2n) is 6.99. The second kappa shape index (κ2) is 10.3. The molecule has 0 saturated carbocycles. The van der Waals surface area contributed by atoms with E-state index in [0.29, 0.717) is 12.3 Å². The Bertz CT molecular complexity index is 600. The topological polar surface area (TPSA) is 66.0 Å². The van der Waals surface area contributed by atoms with E-state index in [-0.39, 0.29) is 24.4 Å². The molecule has 2 aliphatic rings. The van der Waals surface area contributed by atoms with Crippen molar-refractivity contribution in [1.82, 2.24) is 14.8 Å². The van der Waals surface area contributed by atoms with Gasteiger partial charge in [0.15, 0.2) is 0 Å². The van der Waals surface area contributed by atoms with E-state index >= 15 is 0 Å². The van der Waals surface area contributed by atoms with Crippen molar-refractivity contribution in [3.63, 3.8) is 0 Å². The number of pyridine rings is 1. The van der Waals surface area contributed by atoms with Crippen molar-refractivity contribution < 1.29 is 14.3 Å². The molecule has 1 aromatic rings. The van der Waals surface area contributed by atoms with Crippen LogP contribution in [-0.2, 0) is 9.53 Å². The number of hydrogen-bond donors (Lipinski definition) is 0. The molecule has 7 nitrogen and oxygen atoms in total. The molecule has 8 heteroatoms. The minimum Gasteiger partial charge on any atom is -0.469 e. The van der Waals surface area contributed by atoms with E-state index in [9.17, 15) is 9.59 Å². The molecule has 2 amide bonds. The highest BCUT2D eigenvalue weighted by atomic mass is 35.5. The zero-order chi connectivity index (χ0) is 18.4. The maximum absolute atomic E-state index is 12.8. The third kappa shape index (κ3) is 5.73. The molecule has 0 aromatic carbocycles. The van der Waals surface area contributed by atoms with E-state index in [2.05, 4.69) is 9.88 Å². The summed E-state index contributed by atoms with van der Waals surface area (Å²) >= 11 is 0. The van der Waals surface area contributed by atoms with Crippen molar-refractivity contribution in [2.24, 2.45) is 5.92 Å². The first-order valence-corrected chi connectivity index (χ1v) is 9.44. The highest BCUT2D eigenvalue weighted by molar-refractivity contribution is 5.85. The van der Waals surface area contributed by atoms with Crippen LogP contribution in [0.5, 0.6) is 0 Å². The van der Waals surface area contributed by atoms with Gasteiger partial charge in [-0.1, -0.05) is 6.07 Å². The molecule has 1 aromatic heterocycles. The number of carbonyl (C=O) groups is 2. The number of urea groups is 1. The van der Waals surface area contributed by atoms with E-state index in [1.54, 1.807) is 6.20 Å². The highest BCUT2D eigenvalue weighted by Crippen LogP contribution is 2.23. The number of piperidine rings is 1. The fourth-order valence-electron chi connectivity index (χ4n) is 3.70. The van der Waals surface area contributed by atoms with Gasteiger partial charge in [-0.15, -0.1) is 12.4 Å². The van der Waals surface area contributed by atoms with Crippen LogP contribution >= 0.6 is 12.4 Å². The van der Waals surface area contributed by atoms with Crippen molar-refractivity contribution in [1.29, 1.82) is 0 Å². The summed E-state index contributed by atoms with van der Waals surface area (Å²) in [4.78, 5) is 34.5. The van der Waals surface area contributed by atoms with Gasteiger partial charge in [0.25, 0.3) is 0 Å². The molecule has 2 saturated heterocycles. The third-order valence-corrected chi connectivity index (χ3v) is 5.39. The average Bonchev–Trinajstić information content (AvgIpc) is 2.72. The normalized spacial score (nSPS) is 18.0. The molecule has 2 aliphatic heterocycles. The lowest BCUT2D eigenvalue weighted by atomic mass is 9.92. The summed E-state index contributed by atoms with van der Waals surface area (Å²) in [5.74, 6) is 1.35. The number of carbonyl (C=O) groups excluding carboxylic acids is 2. The van der Waals surface area contributed by atoms with E-state index in [0.717, 1.165) is 64.3 Å². The van der Waals surface area contributed by atoms with Gasteiger partial charge >= 0.3 is 12.0 Å². The first-order valence-electron chi connectivity index (χ1n) is 9.44. The van der Waals surface area contributed by atoms with Crippen molar-refractivity contribution in [2.45, 2.75) is 25.7 Å². The fraction of sp³-hybridized carbons (Fsp3) is 0.632. The summed E-state index contributed by atoms with van der Waals surface area (Å²) in [5, 5.41) is 0. The lowest BCUT2D eigenvalue weighted by Crippen LogP contribution is -2.54. The quantitative estimate of drug-likeness (QED) is 0.731. The number of likely N-dealkylation sites (tertiary alicyclic amines) is 1. The molecule has 0 N–H and O–H groups in total. The molecule has 0 aliphatic carbocycles. The summed E-state index contributed by atoms with van der Waals surface area (Å²) in [7, 11) is 1.43. The first-order chi connectivity index (χ1) is 12.7. The number of methoxy groups -OCH3 is 1. The molecular weight excluding hydrogens is 368 g/mol. The Morgan fingerprint density at radius 1 is 1.07 bits per heavy atom. The zero-order valence-corrected chi connectivity index (χ0v) is 16.7. The minimum atomic E-state index is -0.144.